The third-order valence-electron chi connectivity index (χ3n) is 4.39. The van der Waals surface area contributed by atoms with Crippen molar-refractivity contribution in [3.8, 4) is 11.5 Å². The van der Waals surface area contributed by atoms with E-state index in [1.165, 1.54) is 0 Å². The maximum absolute atomic E-state index is 10.3. The molecule has 28 heavy (non-hydrogen) atoms. The van der Waals surface area contributed by atoms with Gasteiger partial charge in [0.2, 0.25) is 0 Å². The summed E-state index contributed by atoms with van der Waals surface area (Å²) in [6.45, 7) is 1.38. The Kier molecular flexibility index (Phi) is 7.31. The minimum absolute atomic E-state index is 0.389. The van der Waals surface area contributed by atoms with Crippen molar-refractivity contribution in [1.82, 2.24) is 5.32 Å². The van der Waals surface area contributed by atoms with Crippen LogP contribution in [0.25, 0.3) is 0 Å². The normalized spacial score (nSPS) is 11.8. The van der Waals surface area contributed by atoms with Gasteiger partial charge < -0.3 is 19.9 Å². The van der Waals surface area contributed by atoms with Crippen molar-refractivity contribution in [2.45, 2.75) is 19.3 Å². The van der Waals surface area contributed by atoms with Gasteiger partial charge >= 0.3 is 0 Å². The average Bonchev–Trinajstić information content (AvgIpc) is 2.73. The van der Waals surface area contributed by atoms with E-state index in [1.54, 1.807) is 7.11 Å². The lowest BCUT2D eigenvalue weighted by molar-refractivity contribution is 0.174. The summed E-state index contributed by atoms with van der Waals surface area (Å²) in [5.74, 6) is 1.36. The Morgan fingerprint density at radius 2 is 1.79 bits per heavy atom. The van der Waals surface area contributed by atoms with Crippen LogP contribution in [0, 0.1) is 0 Å². The standard InChI is InChI=1S/C23H24ClNO3/c1-27-22-12-6-10-19(14-25-15-21(26)18-8-3-2-4-9-18)23(22)28-16-17-7-5-11-20(24)13-17/h2-13,21,25-26H,14-16H2,1H3. The summed E-state index contributed by atoms with van der Waals surface area (Å²) in [4.78, 5) is 0. The van der Waals surface area contributed by atoms with Gasteiger partial charge in [-0.1, -0.05) is 66.2 Å². The Labute approximate surface area is 170 Å². The third-order valence-corrected chi connectivity index (χ3v) is 4.63. The van der Waals surface area contributed by atoms with Crippen molar-refractivity contribution in [1.29, 1.82) is 0 Å². The molecule has 146 valence electrons. The van der Waals surface area contributed by atoms with Crippen LogP contribution in [0.3, 0.4) is 0 Å². The molecule has 0 fully saturated rings. The monoisotopic (exact) mass is 397 g/mol. The van der Waals surface area contributed by atoms with E-state index < -0.39 is 6.10 Å². The van der Waals surface area contributed by atoms with Gasteiger partial charge in [0.15, 0.2) is 11.5 Å². The van der Waals surface area contributed by atoms with Crippen LogP contribution in [-0.4, -0.2) is 18.8 Å². The van der Waals surface area contributed by atoms with Gasteiger partial charge in [0, 0.05) is 23.7 Å². The molecular weight excluding hydrogens is 374 g/mol. The molecule has 4 nitrogen and oxygen atoms in total. The number of halogens is 1. The number of ether oxygens (including phenoxy) is 2. The Morgan fingerprint density at radius 1 is 1.00 bits per heavy atom. The summed E-state index contributed by atoms with van der Waals surface area (Å²) in [6, 6.07) is 23.0. The molecule has 0 aliphatic heterocycles. The molecule has 1 unspecified atom stereocenters. The Balaban J connectivity index is 1.65. The highest BCUT2D eigenvalue weighted by atomic mass is 35.5. The van der Waals surface area contributed by atoms with E-state index in [0.717, 1.165) is 16.7 Å². The fourth-order valence-electron chi connectivity index (χ4n) is 2.94. The van der Waals surface area contributed by atoms with Crippen LogP contribution in [0.2, 0.25) is 5.02 Å². The van der Waals surface area contributed by atoms with Gasteiger partial charge in [-0.2, -0.15) is 0 Å². The molecule has 0 spiro atoms. The number of hydrogen-bond donors (Lipinski definition) is 2. The first-order valence-corrected chi connectivity index (χ1v) is 9.52. The lowest BCUT2D eigenvalue weighted by atomic mass is 10.1. The van der Waals surface area contributed by atoms with Crippen molar-refractivity contribution in [3.63, 3.8) is 0 Å². The fourth-order valence-corrected chi connectivity index (χ4v) is 3.16. The molecule has 0 radical (unpaired) electrons. The van der Waals surface area contributed by atoms with Crippen LogP contribution in [0.1, 0.15) is 22.8 Å². The predicted molar refractivity (Wildman–Crippen MR) is 112 cm³/mol. The van der Waals surface area contributed by atoms with E-state index in [-0.39, 0.29) is 0 Å². The van der Waals surface area contributed by atoms with Crippen LogP contribution >= 0.6 is 11.6 Å². The number of para-hydroxylation sites is 1. The van der Waals surface area contributed by atoms with Crippen molar-refractivity contribution in [2.75, 3.05) is 13.7 Å². The van der Waals surface area contributed by atoms with Crippen molar-refractivity contribution < 1.29 is 14.6 Å². The number of benzene rings is 3. The summed E-state index contributed by atoms with van der Waals surface area (Å²) in [5.41, 5.74) is 2.83. The molecule has 3 aromatic carbocycles. The van der Waals surface area contributed by atoms with Gasteiger partial charge in [-0.05, 0) is 29.3 Å². The smallest absolute Gasteiger partial charge is 0.166 e. The van der Waals surface area contributed by atoms with Crippen LogP contribution in [-0.2, 0) is 13.2 Å². The molecule has 3 rings (SSSR count). The highest BCUT2D eigenvalue weighted by Gasteiger charge is 2.12. The molecule has 0 heterocycles. The van der Waals surface area contributed by atoms with E-state index in [0.29, 0.717) is 36.2 Å². The number of aliphatic hydroxyl groups excluding tert-OH is 1. The largest absolute Gasteiger partial charge is 0.493 e. The van der Waals surface area contributed by atoms with Crippen molar-refractivity contribution >= 4 is 11.6 Å². The van der Waals surface area contributed by atoms with Gasteiger partial charge in [-0.3, -0.25) is 0 Å². The Hall–Kier alpha value is -2.53. The Bertz CT molecular complexity index is 886. The third kappa shape index (κ3) is 5.49. The number of nitrogens with one attached hydrogen (secondary N) is 1. The zero-order valence-electron chi connectivity index (χ0n) is 15.8. The molecule has 2 N–H and O–H groups in total. The number of rotatable bonds is 9. The minimum atomic E-state index is -0.567. The van der Waals surface area contributed by atoms with Crippen molar-refractivity contribution in [2.24, 2.45) is 0 Å². The van der Waals surface area contributed by atoms with Crippen LogP contribution in [0.5, 0.6) is 11.5 Å². The lowest BCUT2D eigenvalue weighted by Gasteiger charge is -2.17. The van der Waals surface area contributed by atoms with Gasteiger partial charge in [0.1, 0.15) is 6.61 Å². The second-order valence-corrected chi connectivity index (χ2v) is 6.86. The number of hydrogen-bond acceptors (Lipinski definition) is 4. The predicted octanol–water partition coefficient (Wildman–Crippen LogP) is 4.75. The molecular formula is C23H24ClNO3. The first kappa shape index (κ1) is 20.2. The molecule has 0 saturated carbocycles. The number of methoxy groups -OCH3 is 1. The van der Waals surface area contributed by atoms with E-state index in [4.69, 9.17) is 21.1 Å². The molecule has 0 aliphatic rings. The molecule has 0 amide bonds. The van der Waals surface area contributed by atoms with Gasteiger partial charge in [0.25, 0.3) is 0 Å². The highest BCUT2D eigenvalue weighted by molar-refractivity contribution is 6.30. The van der Waals surface area contributed by atoms with Gasteiger partial charge in [-0.15, -0.1) is 0 Å². The SMILES string of the molecule is COc1cccc(CNCC(O)c2ccccc2)c1OCc1cccc(Cl)c1. The quantitative estimate of drug-likeness (QED) is 0.547. The van der Waals surface area contributed by atoms with Crippen LogP contribution in [0.4, 0.5) is 0 Å². The molecule has 1 atom stereocenters. The minimum Gasteiger partial charge on any atom is -0.493 e. The summed E-state index contributed by atoms with van der Waals surface area (Å²) >= 11 is 6.05. The zero-order chi connectivity index (χ0) is 19.8. The molecule has 0 bridgehead atoms. The zero-order valence-corrected chi connectivity index (χ0v) is 16.5. The molecule has 0 aliphatic carbocycles. The summed E-state index contributed by atoms with van der Waals surface area (Å²) in [5, 5.41) is 14.3. The van der Waals surface area contributed by atoms with Crippen molar-refractivity contribution in [3.05, 3.63) is 94.5 Å². The fraction of sp³-hybridized carbons (Fsp3) is 0.217. The van der Waals surface area contributed by atoms with E-state index in [9.17, 15) is 5.11 Å². The van der Waals surface area contributed by atoms with E-state index >= 15 is 0 Å². The first-order chi connectivity index (χ1) is 13.7. The second kappa shape index (κ2) is 10.1. The summed E-state index contributed by atoms with van der Waals surface area (Å²) in [7, 11) is 1.62. The van der Waals surface area contributed by atoms with Gasteiger partial charge in [0.05, 0.1) is 13.2 Å². The second-order valence-electron chi connectivity index (χ2n) is 6.42. The maximum atomic E-state index is 10.3. The molecule has 0 aromatic heterocycles. The maximum Gasteiger partial charge on any atom is 0.166 e. The van der Waals surface area contributed by atoms with Crippen LogP contribution < -0.4 is 14.8 Å². The summed E-state index contributed by atoms with van der Waals surface area (Å²) < 4.78 is 11.5. The Morgan fingerprint density at radius 3 is 2.54 bits per heavy atom. The molecule has 0 saturated heterocycles. The highest BCUT2D eigenvalue weighted by Crippen LogP contribution is 2.32. The van der Waals surface area contributed by atoms with E-state index in [2.05, 4.69) is 5.32 Å². The lowest BCUT2D eigenvalue weighted by Crippen LogP contribution is -2.21. The van der Waals surface area contributed by atoms with Crippen LogP contribution in [0.15, 0.2) is 72.8 Å². The topological polar surface area (TPSA) is 50.7 Å². The number of aliphatic hydroxyl groups is 1. The average molecular weight is 398 g/mol. The molecule has 3 aromatic rings. The first-order valence-electron chi connectivity index (χ1n) is 9.14. The van der Waals surface area contributed by atoms with E-state index in [1.807, 2.05) is 72.8 Å². The summed E-state index contributed by atoms with van der Waals surface area (Å²) in [6.07, 6.45) is -0.567. The molecule has 5 heteroatoms. The van der Waals surface area contributed by atoms with Gasteiger partial charge in [-0.25, -0.2) is 0 Å².